The van der Waals surface area contributed by atoms with Crippen LogP contribution in [0.2, 0.25) is 0 Å². The van der Waals surface area contributed by atoms with Gasteiger partial charge in [0.25, 0.3) is 5.91 Å². The number of nitrogens with zero attached hydrogens (tertiary/aromatic N) is 6. The molecule has 2 aromatic carbocycles. The van der Waals surface area contributed by atoms with Crippen molar-refractivity contribution in [2.75, 3.05) is 40.0 Å². The monoisotopic (exact) mass is 676 g/mol. The third kappa shape index (κ3) is 7.97. The summed E-state index contributed by atoms with van der Waals surface area (Å²) in [5.41, 5.74) is 4.55. The number of carbonyl (C=O) groups is 2. The van der Waals surface area contributed by atoms with Gasteiger partial charge in [0.15, 0.2) is 5.69 Å². The van der Waals surface area contributed by atoms with E-state index in [1.165, 1.54) is 26.4 Å². The van der Waals surface area contributed by atoms with Crippen LogP contribution in [0.15, 0.2) is 59.7 Å². The third-order valence-corrected chi connectivity index (χ3v) is 9.64. The summed E-state index contributed by atoms with van der Waals surface area (Å²) < 4.78 is 6.56. The highest BCUT2D eigenvalue weighted by Gasteiger charge is 2.48. The Labute approximate surface area is 295 Å². The molecular formula is C39H48N8O3. The quantitative estimate of drug-likeness (QED) is 0.157. The lowest BCUT2D eigenvalue weighted by Gasteiger charge is -2.44. The number of hydrogen-bond donors (Lipinski definition) is 2. The maximum absolute atomic E-state index is 14.8. The number of rotatable bonds is 12. The maximum Gasteiger partial charge on any atom is 0.358 e. The lowest BCUT2D eigenvalue weighted by molar-refractivity contribution is -0.119. The summed E-state index contributed by atoms with van der Waals surface area (Å²) in [6.45, 7) is 12.6. The van der Waals surface area contributed by atoms with Gasteiger partial charge in [-0.2, -0.15) is 15.6 Å². The van der Waals surface area contributed by atoms with E-state index in [2.05, 4.69) is 81.8 Å². The first kappa shape index (κ1) is 36.5. The molecule has 2 fully saturated rings. The van der Waals surface area contributed by atoms with E-state index in [1.807, 2.05) is 26.0 Å². The average Bonchev–Trinajstić information content (AvgIpc) is 3.80. The number of esters is 1. The molecule has 1 atom stereocenters. The fourth-order valence-electron chi connectivity index (χ4n) is 7.51. The van der Waals surface area contributed by atoms with Gasteiger partial charge in [0.05, 0.1) is 30.5 Å². The van der Waals surface area contributed by atoms with Crippen molar-refractivity contribution in [3.63, 3.8) is 0 Å². The molecular weight excluding hydrogens is 628 g/mol. The van der Waals surface area contributed by atoms with Gasteiger partial charge < -0.3 is 15.4 Å². The molecule has 1 aromatic heterocycles. The zero-order valence-corrected chi connectivity index (χ0v) is 29.9. The molecule has 0 saturated carbocycles. The molecule has 2 saturated heterocycles. The van der Waals surface area contributed by atoms with Crippen molar-refractivity contribution in [1.29, 1.82) is 10.5 Å². The second-order valence-electron chi connectivity index (χ2n) is 13.7. The van der Waals surface area contributed by atoms with Crippen molar-refractivity contribution in [1.82, 2.24) is 30.2 Å². The van der Waals surface area contributed by atoms with Gasteiger partial charge in [0.2, 0.25) is 0 Å². The van der Waals surface area contributed by atoms with Crippen LogP contribution < -0.4 is 10.6 Å². The zero-order chi connectivity index (χ0) is 35.8. The Hall–Kier alpha value is -4.81. The Morgan fingerprint density at radius 2 is 1.72 bits per heavy atom. The number of hydrogen-bond acceptors (Lipinski definition) is 9. The first-order chi connectivity index (χ1) is 24.1. The fourth-order valence-corrected chi connectivity index (χ4v) is 7.51. The van der Waals surface area contributed by atoms with Gasteiger partial charge in [-0.15, -0.1) is 0 Å². The van der Waals surface area contributed by atoms with Crippen LogP contribution >= 0.6 is 0 Å². The van der Waals surface area contributed by atoms with Crippen LogP contribution in [0.3, 0.4) is 0 Å². The third-order valence-electron chi connectivity index (χ3n) is 9.64. The summed E-state index contributed by atoms with van der Waals surface area (Å²) in [6, 6.07) is 20.4. The molecule has 3 heterocycles. The second-order valence-corrected chi connectivity index (χ2v) is 13.7. The number of nitriles is 2. The summed E-state index contributed by atoms with van der Waals surface area (Å²) >= 11 is 0. The van der Waals surface area contributed by atoms with E-state index < -0.39 is 17.4 Å². The highest BCUT2D eigenvalue weighted by Crippen LogP contribution is 2.42. The number of piperidine rings is 1. The molecule has 1 amide bonds. The van der Waals surface area contributed by atoms with Crippen LogP contribution in [0.5, 0.6) is 0 Å². The first-order valence-corrected chi connectivity index (χ1v) is 17.4. The van der Waals surface area contributed by atoms with Gasteiger partial charge in [0.1, 0.15) is 17.7 Å². The fraction of sp³-hybridized carbons (Fsp3) is 0.462. The number of likely N-dealkylation sites (tertiary alicyclic amines) is 1. The number of methoxy groups -OCH3 is 1. The van der Waals surface area contributed by atoms with Gasteiger partial charge in [-0.05, 0) is 82.8 Å². The number of carbonyl (C=O) groups excluding carboxylic acids is 2. The molecule has 5 rings (SSSR count). The molecule has 11 heteroatoms. The van der Waals surface area contributed by atoms with Gasteiger partial charge in [-0.3, -0.25) is 19.3 Å². The molecule has 2 N–H and O–H groups in total. The molecule has 0 bridgehead atoms. The summed E-state index contributed by atoms with van der Waals surface area (Å²) in [5.74, 6) is -1.11. The maximum atomic E-state index is 14.8. The van der Waals surface area contributed by atoms with Crippen LogP contribution in [0.4, 0.5) is 0 Å². The minimum Gasteiger partial charge on any atom is -0.464 e. The van der Waals surface area contributed by atoms with E-state index in [-0.39, 0.29) is 29.4 Å². The molecule has 50 heavy (non-hydrogen) atoms. The topological polar surface area (TPSA) is 139 Å². The molecule has 0 aliphatic carbocycles. The van der Waals surface area contributed by atoms with Crippen molar-refractivity contribution in [3.8, 4) is 12.1 Å². The van der Waals surface area contributed by atoms with E-state index in [1.54, 1.807) is 10.7 Å². The number of ether oxygens (including phenoxy) is 1. The number of aryl methyl sites for hydroxylation is 2. The molecule has 1 unspecified atom stereocenters. The van der Waals surface area contributed by atoms with Crippen LogP contribution in [0, 0.1) is 36.5 Å². The number of amides is 1. The smallest absolute Gasteiger partial charge is 0.358 e. The predicted octanol–water partition coefficient (Wildman–Crippen LogP) is 4.81. The van der Waals surface area contributed by atoms with Crippen LogP contribution in [-0.2, 0) is 34.6 Å². The van der Waals surface area contributed by atoms with E-state index in [4.69, 9.17) is 4.74 Å². The summed E-state index contributed by atoms with van der Waals surface area (Å²) in [6.07, 6.45) is 3.95. The van der Waals surface area contributed by atoms with Crippen molar-refractivity contribution in [3.05, 3.63) is 98.9 Å². The van der Waals surface area contributed by atoms with Gasteiger partial charge in [-0.25, -0.2) is 4.79 Å². The molecule has 11 nitrogen and oxygen atoms in total. The second kappa shape index (κ2) is 16.3. The lowest BCUT2D eigenvalue weighted by atomic mass is 9.73. The number of allylic oxidation sites excluding steroid dienone is 1. The number of aromatic nitrogens is 2. The largest absolute Gasteiger partial charge is 0.464 e. The minimum atomic E-state index is -1.18. The molecule has 2 aliphatic heterocycles. The van der Waals surface area contributed by atoms with Crippen LogP contribution in [0.1, 0.15) is 83.2 Å². The lowest BCUT2D eigenvalue weighted by Crippen LogP contribution is -2.52. The molecule has 3 aromatic rings. The Kier molecular flexibility index (Phi) is 11.9. The van der Waals surface area contributed by atoms with E-state index in [0.717, 1.165) is 47.5 Å². The number of nitrogens with one attached hydrogen (secondary N) is 2. The Morgan fingerprint density at radius 1 is 1.00 bits per heavy atom. The Bertz CT molecular complexity index is 1780. The summed E-state index contributed by atoms with van der Waals surface area (Å²) in [7, 11) is 1.30. The van der Waals surface area contributed by atoms with Crippen LogP contribution in [0.25, 0.3) is 0 Å². The van der Waals surface area contributed by atoms with Crippen molar-refractivity contribution < 1.29 is 14.3 Å². The van der Waals surface area contributed by atoms with E-state index in [9.17, 15) is 20.1 Å². The van der Waals surface area contributed by atoms with Crippen molar-refractivity contribution in [2.45, 2.75) is 78.0 Å². The molecule has 0 radical (unpaired) electrons. The van der Waals surface area contributed by atoms with Crippen molar-refractivity contribution >= 4 is 11.9 Å². The van der Waals surface area contributed by atoms with Gasteiger partial charge >= 0.3 is 5.97 Å². The summed E-state index contributed by atoms with van der Waals surface area (Å²) in [4.78, 5) is 31.8. The van der Waals surface area contributed by atoms with Gasteiger partial charge in [0, 0.05) is 32.3 Å². The normalized spacial score (nSPS) is 16.3. The predicted molar refractivity (Wildman–Crippen MR) is 190 cm³/mol. The van der Waals surface area contributed by atoms with Crippen LogP contribution in [-0.4, -0.2) is 71.4 Å². The number of benzene rings is 2. The summed E-state index contributed by atoms with van der Waals surface area (Å²) in [5, 5.41) is 31.9. The minimum absolute atomic E-state index is 0.0154. The highest BCUT2D eigenvalue weighted by molar-refractivity contribution is 5.98. The Balaban J connectivity index is 1.68. The Morgan fingerprint density at radius 3 is 2.34 bits per heavy atom. The first-order valence-electron chi connectivity index (χ1n) is 17.4. The standard InChI is InChI=1S/C39H48N8O3/c1-27(2)47-34(20-35(44-47)38(49)50-5)24-43-37(48)36(32(22-40)23-41)39(46-15-12-42-26-46,21-31-17-28(3)16-29(4)18-31)33-11-9-10-30(19-33)25-45-13-7-6-8-14-45/h9-11,16-20,27,42H,6-8,12-15,21,24-26H2,1-5H3,(H,43,48). The molecule has 0 spiro atoms. The molecule has 262 valence electrons. The average molecular weight is 677 g/mol. The highest BCUT2D eigenvalue weighted by atomic mass is 16.5. The SMILES string of the molecule is COC(=O)c1cc(CNC(=O)C(=C(C#N)C#N)C(Cc2cc(C)cc(C)c2)(c2cccc(CN3CCCCC3)c2)N2CCNC2)n(C(C)C)n1. The van der Waals surface area contributed by atoms with Crippen molar-refractivity contribution in [2.24, 2.45) is 0 Å². The van der Waals surface area contributed by atoms with E-state index >= 15 is 0 Å². The van der Waals surface area contributed by atoms with Gasteiger partial charge in [-0.1, -0.05) is 60.0 Å². The van der Waals surface area contributed by atoms with E-state index in [0.29, 0.717) is 31.9 Å². The molecule has 2 aliphatic rings. The zero-order valence-electron chi connectivity index (χ0n) is 29.9.